The number of hydrogen-bond donors (Lipinski definition) is 1. The summed E-state index contributed by atoms with van der Waals surface area (Å²) in [6.07, 6.45) is 4.62. The molecule has 0 bridgehead atoms. The summed E-state index contributed by atoms with van der Waals surface area (Å²) in [5, 5.41) is 3.46. The number of nitrogens with zero attached hydrogens (tertiary/aromatic N) is 3. The van der Waals surface area contributed by atoms with Crippen molar-refractivity contribution in [3.8, 4) is 0 Å². The summed E-state index contributed by atoms with van der Waals surface area (Å²) in [7, 11) is 6.44. The maximum Gasteiger partial charge on any atom is 0.193 e. The minimum absolute atomic E-state index is 0. The van der Waals surface area contributed by atoms with Crippen LogP contribution in [0.3, 0.4) is 0 Å². The van der Waals surface area contributed by atoms with Crippen molar-refractivity contribution >= 4 is 29.9 Å². The third kappa shape index (κ3) is 9.09. The summed E-state index contributed by atoms with van der Waals surface area (Å²) in [5.41, 5.74) is 1.37. The van der Waals surface area contributed by atoms with Crippen LogP contribution in [0.1, 0.15) is 31.7 Å². The van der Waals surface area contributed by atoms with E-state index in [1.54, 1.807) is 0 Å². The zero-order valence-corrected chi connectivity index (χ0v) is 20.4. The van der Waals surface area contributed by atoms with Crippen LogP contribution >= 0.6 is 24.0 Å². The van der Waals surface area contributed by atoms with Crippen molar-refractivity contribution in [2.45, 2.75) is 38.6 Å². The molecule has 1 aromatic rings. The molecule has 28 heavy (non-hydrogen) atoms. The van der Waals surface area contributed by atoms with E-state index in [9.17, 15) is 0 Å². The maximum absolute atomic E-state index is 5.47. The Balaban J connectivity index is 0.00000392. The largest absolute Gasteiger partial charge is 0.381 e. The third-order valence-electron chi connectivity index (χ3n) is 5.41. The van der Waals surface area contributed by atoms with Crippen molar-refractivity contribution in [2.24, 2.45) is 10.9 Å². The van der Waals surface area contributed by atoms with Gasteiger partial charge in [0.05, 0.1) is 6.54 Å². The Morgan fingerprint density at radius 2 is 1.86 bits per heavy atom. The van der Waals surface area contributed by atoms with Gasteiger partial charge in [-0.2, -0.15) is 0 Å². The van der Waals surface area contributed by atoms with E-state index < -0.39 is 0 Å². The van der Waals surface area contributed by atoms with E-state index in [1.165, 1.54) is 24.8 Å². The number of benzene rings is 1. The smallest absolute Gasteiger partial charge is 0.193 e. The number of nitrogens with one attached hydrogen (secondary N) is 1. The molecule has 0 radical (unpaired) electrons. The second-order valence-corrected chi connectivity index (χ2v) is 7.77. The third-order valence-corrected chi connectivity index (χ3v) is 5.41. The van der Waals surface area contributed by atoms with Gasteiger partial charge in [0, 0.05) is 39.4 Å². The molecule has 1 N–H and O–H groups in total. The van der Waals surface area contributed by atoms with Crippen molar-refractivity contribution in [1.29, 1.82) is 0 Å². The van der Waals surface area contributed by atoms with Crippen LogP contribution in [0.5, 0.6) is 0 Å². The standard InChI is InChI=1S/C22H38N4O.HI/c1-5-23-22(26(4)14-11-19-12-15-27-16-13-19)24-18-21(25(2)3)17-20-9-7-6-8-10-20;/h6-10,19,21H,5,11-18H2,1-4H3,(H,23,24);1H. The highest BCUT2D eigenvalue weighted by molar-refractivity contribution is 14.0. The number of hydrogen-bond acceptors (Lipinski definition) is 3. The van der Waals surface area contributed by atoms with Gasteiger partial charge in [0.25, 0.3) is 0 Å². The van der Waals surface area contributed by atoms with Crippen LogP contribution in [0, 0.1) is 5.92 Å². The van der Waals surface area contributed by atoms with Crippen LogP contribution in [0.4, 0.5) is 0 Å². The minimum Gasteiger partial charge on any atom is -0.381 e. The van der Waals surface area contributed by atoms with E-state index in [2.05, 4.69) is 73.5 Å². The number of likely N-dealkylation sites (N-methyl/N-ethyl adjacent to an activating group) is 1. The van der Waals surface area contributed by atoms with Crippen LogP contribution in [0.25, 0.3) is 0 Å². The normalized spacial score (nSPS) is 16.5. The molecule has 0 spiro atoms. The van der Waals surface area contributed by atoms with Gasteiger partial charge >= 0.3 is 0 Å². The summed E-state index contributed by atoms with van der Waals surface area (Å²) >= 11 is 0. The molecular formula is C22H39IN4O. The lowest BCUT2D eigenvalue weighted by Gasteiger charge is -2.28. The van der Waals surface area contributed by atoms with E-state index in [-0.39, 0.29) is 24.0 Å². The Kier molecular flexibility index (Phi) is 12.7. The van der Waals surface area contributed by atoms with Gasteiger partial charge in [0.15, 0.2) is 5.96 Å². The van der Waals surface area contributed by atoms with Gasteiger partial charge in [-0.05, 0) is 58.2 Å². The van der Waals surface area contributed by atoms with E-state index in [0.717, 1.165) is 51.1 Å². The average Bonchev–Trinajstić information content (AvgIpc) is 2.69. The van der Waals surface area contributed by atoms with Gasteiger partial charge in [-0.3, -0.25) is 4.99 Å². The van der Waals surface area contributed by atoms with E-state index >= 15 is 0 Å². The van der Waals surface area contributed by atoms with E-state index in [1.807, 2.05) is 0 Å². The topological polar surface area (TPSA) is 40.1 Å². The molecular weight excluding hydrogens is 463 g/mol. The zero-order chi connectivity index (χ0) is 19.5. The van der Waals surface area contributed by atoms with E-state index in [0.29, 0.717) is 6.04 Å². The summed E-state index contributed by atoms with van der Waals surface area (Å²) in [4.78, 5) is 9.53. The van der Waals surface area contributed by atoms with Crippen molar-refractivity contribution in [3.05, 3.63) is 35.9 Å². The Hall–Kier alpha value is -0.860. The fraction of sp³-hybridized carbons (Fsp3) is 0.682. The first-order valence-electron chi connectivity index (χ1n) is 10.4. The second kappa shape index (κ2) is 14.2. The SMILES string of the molecule is CCNC(=NCC(Cc1ccccc1)N(C)C)N(C)CCC1CCOCC1.I. The van der Waals surface area contributed by atoms with Gasteiger partial charge in [-0.25, -0.2) is 0 Å². The molecule has 6 heteroatoms. The summed E-state index contributed by atoms with van der Waals surface area (Å²) < 4.78 is 5.47. The predicted octanol–water partition coefficient (Wildman–Crippen LogP) is 3.49. The molecule has 2 rings (SSSR count). The highest BCUT2D eigenvalue weighted by Gasteiger charge is 2.16. The molecule has 1 saturated heterocycles. The van der Waals surface area contributed by atoms with Gasteiger partial charge in [-0.15, -0.1) is 24.0 Å². The fourth-order valence-electron chi connectivity index (χ4n) is 3.48. The molecule has 0 saturated carbocycles. The van der Waals surface area contributed by atoms with Crippen molar-refractivity contribution in [3.63, 3.8) is 0 Å². The molecule has 1 unspecified atom stereocenters. The van der Waals surface area contributed by atoms with Crippen molar-refractivity contribution in [1.82, 2.24) is 15.1 Å². The molecule has 0 aromatic heterocycles. The Labute approximate surface area is 188 Å². The van der Waals surface area contributed by atoms with Gasteiger partial charge in [0.1, 0.15) is 0 Å². The van der Waals surface area contributed by atoms with Crippen molar-refractivity contribution < 1.29 is 4.74 Å². The molecule has 5 nitrogen and oxygen atoms in total. The van der Waals surface area contributed by atoms with Crippen LogP contribution in [-0.4, -0.2) is 75.8 Å². The lowest BCUT2D eigenvalue weighted by molar-refractivity contribution is 0.0625. The molecule has 1 aromatic carbocycles. The Morgan fingerprint density at radius 1 is 1.18 bits per heavy atom. The van der Waals surface area contributed by atoms with Crippen molar-refractivity contribution in [2.75, 3.05) is 54.0 Å². The lowest BCUT2D eigenvalue weighted by Crippen LogP contribution is -2.41. The molecule has 1 aliphatic heterocycles. The summed E-state index contributed by atoms with van der Waals surface area (Å²) in [5.74, 6) is 1.81. The molecule has 160 valence electrons. The predicted molar refractivity (Wildman–Crippen MR) is 130 cm³/mol. The number of aliphatic imine (C=N–C) groups is 1. The highest BCUT2D eigenvalue weighted by Crippen LogP contribution is 2.18. The highest BCUT2D eigenvalue weighted by atomic mass is 127. The first kappa shape index (κ1) is 25.2. The quantitative estimate of drug-likeness (QED) is 0.319. The van der Waals surface area contributed by atoms with E-state index in [4.69, 9.17) is 9.73 Å². The number of guanidine groups is 1. The number of halogens is 1. The monoisotopic (exact) mass is 502 g/mol. The summed E-state index contributed by atoms with van der Waals surface area (Å²) in [6.45, 7) is 6.72. The molecule has 1 aliphatic rings. The first-order valence-corrected chi connectivity index (χ1v) is 10.4. The summed E-state index contributed by atoms with van der Waals surface area (Å²) in [6, 6.07) is 11.1. The molecule has 0 amide bonds. The number of ether oxygens (including phenoxy) is 1. The Morgan fingerprint density at radius 3 is 2.46 bits per heavy atom. The second-order valence-electron chi connectivity index (χ2n) is 7.77. The van der Waals surface area contributed by atoms with Crippen LogP contribution in [0.15, 0.2) is 35.3 Å². The molecule has 1 atom stereocenters. The van der Waals surface area contributed by atoms with Crippen LogP contribution < -0.4 is 5.32 Å². The average molecular weight is 502 g/mol. The molecule has 1 fully saturated rings. The van der Waals surface area contributed by atoms with Crippen LogP contribution in [-0.2, 0) is 11.2 Å². The van der Waals surface area contributed by atoms with Gasteiger partial charge in [-0.1, -0.05) is 30.3 Å². The van der Waals surface area contributed by atoms with Gasteiger partial charge < -0.3 is 19.9 Å². The fourth-order valence-corrected chi connectivity index (χ4v) is 3.48. The first-order chi connectivity index (χ1) is 13.1. The molecule has 0 aliphatic carbocycles. The zero-order valence-electron chi connectivity index (χ0n) is 18.1. The lowest BCUT2D eigenvalue weighted by atomic mass is 9.96. The minimum atomic E-state index is 0. The number of rotatable bonds is 9. The maximum atomic E-state index is 5.47. The van der Waals surface area contributed by atoms with Gasteiger partial charge in [0.2, 0.25) is 0 Å². The Bertz CT molecular complexity index is 547. The van der Waals surface area contributed by atoms with Crippen LogP contribution in [0.2, 0.25) is 0 Å². The molecule has 1 heterocycles.